The highest BCUT2D eigenvalue weighted by Gasteiger charge is 2.31. The number of rotatable bonds is 8. The Hall–Kier alpha value is -3.41. The third kappa shape index (κ3) is 6.81. The van der Waals surface area contributed by atoms with Crippen LogP contribution in [-0.4, -0.2) is 44.2 Å². The largest absolute Gasteiger partial charge is 0.431 e. The van der Waals surface area contributed by atoms with Crippen LogP contribution in [0.3, 0.4) is 0 Å². The van der Waals surface area contributed by atoms with Gasteiger partial charge in [0, 0.05) is 13.0 Å². The van der Waals surface area contributed by atoms with Crippen LogP contribution >= 0.6 is 35.7 Å². The van der Waals surface area contributed by atoms with E-state index in [-0.39, 0.29) is 24.6 Å². The Labute approximate surface area is 215 Å². The van der Waals surface area contributed by atoms with Gasteiger partial charge in [-0.05, 0) is 23.8 Å². The lowest BCUT2D eigenvalue weighted by atomic mass is 10.2. The molecule has 1 saturated heterocycles. The number of nitrogens with zero attached hydrogens (tertiary/aromatic N) is 2. The minimum atomic E-state index is -0.438. The summed E-state index contributed by atoms with van der Waals surface area (Å²) in [5, 5.41) is 0.369. The van der Waals surface area contributed by atoms with Gasteiger partial charge in [-0.25, -0.2) is 4.98 Å². The normalized spacial score (nSPS) is 14.9. The van der Waals surface area contributed by atoms with Crippen LogP contribution < -0.4 is 10.9 Å². The molecule has 3 aromatic rings. The molecule has 178 valence electrons. The highest BCUT2D eigenvalue weighted by molar-refractivity contribution is 8.26. The molecule has 2 aromatic carbocycles. The molecule has 4 rings (SSSR count). The van der Waals surface area contributed by atoms with Gasteiger partial charge in [0.25, 0.3) is 11.1 Å². The van der Waals surface area contributed by atoms with Gasteiger partial charge < -0.3 is 4.42 Å². The molecule has 0 spiro atoms. The summed E-state index contributed by atoms with van der Waals surface area (Å²) in [5.41, 5.74) is 7.06. The number of carbonyl (C=O) groups is 3. The highest BCUT2D eigenvalue weighted by Crippen LogP contribution is 2.31. The van der Waals surface area contributed by atoms with Crippen molar-refractivity contribution in [2.45, 2.75) is 11.6 Å². The average molecular weight is 525 g/mol. The number of nitrogens with one attached hydrogen (secondary N) is 2. The third-order valence-electron chi connectivity index (χ3n) is 4.71. The van der Waals surface area contributed by atoms with Crippen molar-refractivity contribution in [1.29, 1.82) is 0 Å². The Bertz CT molecular complexity index is 1290. The number of carbonyl (C=O) groups excluding carboxylic acids is 3. The van der Waals surface area contributed by atoms with Gasteiger partial charge in [0.2, 0.25) is 11.8 Å². The van der Waals surface area contributed by atoms with E-state index in [1.807, 2.05) is 54.6 Å². The number of aromatic nitrogens is 1. The fraction of sp³-hybridized carbons (Fsp3) is 0.125. The van der Waals surface area contributed by atoms with Crippen LogP contribution in [0.15, 0.2) is 81.3 Å². The lowest BCUT2D eigenvalue weighted by Gasteiger charge is -2.14. The van der Waals surface area contributed by atoms with Gasteiger partial charge >= 0.3 is 0 Å². The maximum Gasteiger partial charge on any atom is 0.266 e. The fourth-order valence-corrected chi connectivity index (χ4v) is 4.91. The van der Waals surface area contributed by atoms with Gasteiger partial charge in [0.15, 0.2) is 5.58 Å². The van der Waals surface area contributed by atoms with Crippen LogP contribution in [0.25, 0.3) is 17.2 Å². The van der Waals surface area contributed by atoms with Crippen LogP contribution in [0, 0.1) is 0 Å². The molecular formula is C24H20N4O4S3. The number of hydrazine groups is 1. The Morgan fingerprint density at radius 3 is 2.63 bits per heavy atom. The van der Waals surface area contributed by atoms with E-state index < -0.39 is 11.8 Å². The molecule has 35 heavy (non-hydrogen) atoms. The number of thiocarbonyl (C=S) groups is 1. The molecule has 0 bridgehead atoms. The number of benzene rings is 2. The second kappa shape index (κ2) is 11.8. The zero-order chi connectivity index (χ0) is 24.6. The number of hydrogen-bond acceptors (Lipinski definition) is 8. The topological polar surface area (TPSA) is 105 Å². The Morgan fingerprint density at radius 1 is 1.09 bits per heavy atom. The second-order valence-electron chi connectivity index (χ2n) is 7.21. The summed E-state index contributed by atoms with van der Waals surface area (Å²) in [6, 6.07) is 17.0. The summed E-state index contributed by atoms with van der Waals surface area (Å²) < 4.78 is 5.93. The average Bonchev–Trinajstić information content (AvgIpc) is 3.40. The van der Waals surface area contributed by atoms with Crippen molar-refractivity contribution in [3.63, 3.8) is 0 Å². The molecule has 0 aliphatic carbocycles. The van der Waals surface area contributed by atoms with E-state index in [4.69, 9.17) is 16.6 Å². The van der Waals surface area contributed by atoms with E-state index in [9.17, 15) is 14.4 Å². The van der Waals surface area contributed by atoms with Crippen molar-refractivity contribution < 1.29 is 18.8 Å². The predicted octanol–water partition coefficient (Wildman–Crippen LogP) is 3.92. The van der Waals surface area contributed by atoms with E-state index in [2.05, 4.69) is 15.8 Å². The summed E-state index contributed by atoms with van der Waals surface area (Å²) in [6.07, 6.45) is 5.38. The number of oxazole rings is 1. The quantitative estimate of drug-likeness (QED) is 0.198. The molecule has 1 fully saturated rings. The van der Waals surface area contributed by atoms with Crippen molar-refractivity contribution in [1.82, 2.24) is 20.7 Å². The number of allylic oxidation sites excluding steroid dienone is 2. The molecule has 1 aliphatic heterocycles. The maximum atomic E-state index is 12.6. The van der Waals surface area contributed by atoms with E-state index in [1.54, 1.807) is 18.2 Å². The van der Waals surface area contributed by atoms with Gasteiger partial charge in [0.05, 0.1) is 10.7 Å². The zero-order valence-electron chi connectivity index (χ0n) is 18.3. The zero-order valence-corrected chi connectivity index (χ0v) is 20.8. The Morgan fingerprint density at radius 2 is 1.83 bits per heavy atom. The van der Waals surface area contributed by atoms with Gasteiger partial charge in [-0.3, -0.25) is 30.1 Å². The minimum Gasteiger partial charge on any atom is -0.431 e. The molecule has 1 aromatic heterocycles. The lowest BCUT2D eigenvalue weighted by molar-refractivity contribution is -0.128. The van der Waals surface area contributed by atoms with E-state index in [0.29, 0.717) is 25.5 Å². The molecule has 0 atom stereocenters. The lowest BCUT2D eigenvalue weighted by Crippen LogP contribution is -2.44. The van der Waals surface area contributed by atoms with Crippen LogP contribution in [0.1, 0.15) is 12.0 Å². The molecule has 0 saturated carbocycles. The van der Waals surface area contributed by atoms with Crippen molar-refractivity contribution in [3.8, 4) is 0 Å². The number of hydrogen-bond donors (Lipinski definition) is 2. The van der Waals surface area contributed by atoms with Crippen molar-refractivity contribution in [2.75, 3.05) is 12.3 Å². The molecule has 0 unspecified atom stereocenters. The molecule has 3 amide bonds. The molecule has 11 heteroatoms. The number of thioether (sulfide) groups is 2. The summed E-state index contributed by atoms with van der Waals surface area (Å²) in [6.45, 7) is 0.115. The third-order valence-corrected chi connectivity index (χ3v) is 6.94. The van der Waals surface area contributed by atoms with Crippen molar-refractivity contribution >= 4 is 75.0 Å². The minimum absolute atomic E-state index is 0.0157. The first kappa shape index (κ1) is 24.7. The predicted molar refractivity (Wildman–Crippen MR) is 141 cm³/mol. The van der Waals surface area contributed by atoms with Crippen molar-refractivity contribution in [3.05, 3.63) is 77.2 Å². The van der Waals surface area contributed by atoms with Crippen molar-refractivity contribution in [2.24, 2.45) is 0 Å². The van der Waals surface area contributed by atoms with E-state index in [0.717, 1.165) is 17.3 Å². The van der Waals surface area contributed by atoms with Crippen LogP contribution in [0.4, 0.5) is 0 Å². The molecule has 8 nitrogen and oxygen atoms in total. The van der Waals surface area contributed by atoms with Crippen LogP contribution in [0.2, 0.25) is 0 Å². The first-order chi connectivity index (χ1) is 17.0. The van der Waals surface area contributed by atoms with Crippen LogP contribution in [0.5, 0.6) is 0 Å². The van der Waals surface area contributed by atoms with Crippen LogP contribution in [-0.2, 0) is 14.4 Å². The number of amides is 3. The number of fused-ring (bicyclic) bond motifs is 1. The monoisotopic (exact) mass is 524 g/mol. The van der Waals surface area contributed by atoms with Gasteiger partial charge in [0.1, 0.15) is 9.84 Å². The molecule has 2 N–H and O–H groups in total. The molecule has 2 heterocycles. The van der Waals surface area contributed by atoms with Gasteiger partial charge in [-0.1, -0.05) is 90.4 Å². The summed E-state index contributed by atoms with van der Waals surface area (Å²) in [4.78, 5) is 42.9. The SMILES string of the molecule is O=C(CCN1C(=O)/C(=C/C=C/c2ccccc2)SC1=S)NNC(=O)CSc1nc2ccccc2o1. The Kier molecular flexibility index (Phi) is 8.35. The summed E-state index contributed by atoms with van der Waals surface area (Å²) in [5.74, 6) is -1.08. The van der Waals surface area contributed by atoms with Gasteiger partial charge in [-0.2, -0.15) is 0 Å². The smallest absolute Gasteiger partial charge is 0.266 e. The molecular weight excluding hydrogens is 504 g/mol. The van der Waals surface area contributed by atoms with E-state index >= 15 is 0 Å². The fourth-order valence-electron chi connectivity index (χ4n) is 3.01. The maximum absolute atomic E-state index is 12.6. The van der Waals surface area contributed by atoms with Gasteiger partial charge in [-0.15, -0.1) is 0 Å². The summed E-state index contributed by atoms with van der Waals surface area (Å²) >= 11 is 7.60. The summed E-state index contributed by atoms with van der Waals surface area (Å²) in [7, 11) is 0. The second-order valence-corrected chi connectivity index (χ2v) is 9.81. The first-order valence-corrected chi connectivity index (χ1v) is 12.7. The Balaban J connectivity index is 1.19. The standard InChI is InChI=1S/C24H20N4O4S3/c29-20(26-27-21(30)15-34-23-25-17-10-4-5-11-18(17)32-23)13-14-28-22(31)19(35-24(28)33)12-6-9-16-7-2-1-3-8-16/h1-12H,13-15H2,(H,26,29)(H,27,30)/b9-6+,19-12-. The molecule has 1 aliphatic rings. The van der Waals surface area contributed by atoms with E-state index in [1.165, 1.54) is 16.7 Å². The first-order valence-electron chi connectivity index (χ1n) is 10.5. The highest BCUT2D eigenvalue weighted by atomic mass is 32.2. The molecule has 0 radical (unpaired) electrons. The number of para-hydroxylation sites is 2.